The molecule has 0 aromatic carbocycles. The standard InChI is InChI=1S/C10H16N4O2S/c1-12-8(15)3-4-14(2)10(16)7-6-17-9(5-11)13-7/h6H,3-5,11H2,1-2H3,(H,12,15). The fourth-order valence-electron chi connectivity index (χ4n) is 1.19. The first-order chi connectivity index (χ1) is 8.08. The van der Waals surface area contributed by atoms with Gasteiger partial charge in [0.15, 0.2) is 0 Å². The maximum atomic E-state index is 11.9. The molecule has 0 unspecified atom stereocenters. The van der Waals surface area contributed by atoms with Gasteiger partial charge in [-0.15, -0.1) is 11.3 Å². The lowest BCUT2D eigenvalue weighted by atomic mass is 10.3. The predicted octanol–water partition coefficient (Wildman–Crippen LogP) is -0.190. The van der Waals surface area contributed by atoms with Gasteiger partial charge in [0.25, 0.3) is 5.91 Å². The molecule has 2 amide bonds. The smallest absolute Gasteiger partial charge is 0.273 e. The zero-order valence-corrected chi connectivity index (χ0v) is 10.7. The number of carbonyl (C=O) groups is 2. The van der Waals surface area contributed by atoms with Crippen molar-refractivity contribution >= 4 is 23.2 Å². The van der Waals surface area contributed by atoms with E-state index in [2.05, 4.69) is 10.3 Å². The second-order valence-electron chi connectivity index (χ2n) is 3.48. The van der Waals surface area contributed by atoms with E-state index in [1.165, 1.54) is 16.2 Å². The Hall–Kier alpha value is -1.47. The molecule has 1 rings (SSSR count). The van der Waals surface area contributed by atoms with Crippen molar-refractivity contribution in [3.05, 3.63) is 16.1 Å². The maximum Gasteiger partial charge on any atom is 0.273 e. The summed E-state index contributed by atoms with van der Waals surface area (Å²) in [5.41, 5.74) is 5.81. The highest BCUT2D eigenvalue weighted by molar-refractivity contribution is 7.09. The first-order valence-corrected chi connectivity index (χ1v) is 6.07. The van der Waals surface area contributed by atoms with Crippen molar-refractivity contribution in [1.29, 1.82) is 0 Å². The van der Waals surface area contributed by atoms with Gasteiger partial charge in [-0.2, -0.15) is 0 Å². The van der Waals surface area contributed by atoms with E-state index in [0.717, 1.165) is 5.01 Å². The third-order valence-electron chi connectivity index (χ3n) is 2.25. The molecule has 1 heterocycles. The first-order valence-electron chi connectivity index (χ1n) is 5.19. The van der Waals surface area contributed by atoms with Gasteiger partial charge < -0.3 is 16.0 Å². The summed E-state index contributed by atoms with van der Waals surface area (Å²) in [4.78, 5) is 28.5. The monoisotopic (exact) mass is 256 g/mol. The van der Waals surface area contributed by atoms with Crippen molar-refractivity contribution in [2.24, 2.45) is 5.73 Å². The molecule has 0 saturated heterocycles. The highest BCUT2D eigenvalue weighted by Crippen LogP contribution is 2.10. The third kappa shape index (κ3) is 3.79. The van der Waals surface area contributed by atoms with Gasteiger partial charge in [-0.25, -0.2) is 4.98 Å². The van der Waals surface area contributed by atoms with Gasteiger partial charge in [0.1, 0.15) is 10.7 Å². The molecule has 1 aromatic heterocycles. The van der Waals surface area contributed by atoms with E-state index in [0.29, 0.717) is 18.8 Å². The van der Waals surface area contributed by atoms with Gasteiger partial charge in [-0.1, -0.05) is 0 Å². The van der Waals surface area contributed by atoms with Crippen LogP contribution in [0.3, 0.4) is 0 Å². The number of rotatable bonds is 5. The largest absolute Gasteiger partial charge is 0.359 e. The van der Waals surface area contributed by atoms with Gasteiger partial charge in [0, 0.05) is 39.0 Å². The highest BCUT2D eigenvalue weighted by Gasteiger charge is 2.15. The molecule has 0 aliphatic rings. The van der Waals surface area contributed by atoms with E-state index in [-0.39, 0.29) is 18.2 Å². The molecule has 0 fully saturated rings. The van der Waals surface area contributed by atoms with Crippen LogP contribution in [0.15, 0.2) is 5.38 Å². The zero-order valence-electron chi connectivity index (χ0n) is 9.90. The van der Waals surface area contributed by atoms with Crippen LogP contribution in [0.4, 0.5) is 0 Å². The molecule has 7 heteroatoms. The predicted molar refractivity (Wildman–Crippen MR) is 65.6 cm³/mol. The number of amides is 2. The van der Waals surface area contributed by atoms with Crippen LogP contribution in [0.1, 0.15) is 21.9 Å². The Bertz CT molecular complexity index is 405. The Balaban J connectivity index is 2.54. The Morgan fingerprint density at radius 3 is 2.82 bits per heavy atom. The summed E-state index contributed by atoms with van der Waals surface area (Å²) >= 11 is 1.36. The lowest BCUT2D eigenvalue weighted by molar-refractivity contribution is -0.120. The Kier molecular flexibility index (Phi) is 5.05. The molecule has 94 valence electrons. The topological polar surface area (TPSA) is 88.3 Å². The molecule has 0 radical (unpaired) electrons. The van der Waals surface area contributed by atoms with Crippen LogP contribution in [0.2, 0.25) is 0 Å². The van der Waals surface area contributed by atoms with Crippen molar-refractivity contribution in [2.45, 2.75) is 13.0 Å². The Labute approximate surface area is 104 Å². The van der Waals surface area contributed by atoms with Crippen LogP contribution in [-0.4, -0.2) is 42.3 Å². The number of aromatic nitrogens is 1. The van der Waals surface area contributed by atoms with Crippen LogP contribution in [0, 0.1) is 0 Å². The Morgan fingerprint density at radius 2 is 2.29 bits per heavy atom. The van der Waals surface area contributed by atoms with Crippen molar-refractivity contribution < 1.29 is 9.59 Å². The molecule has 0 atom stereocenters. The lowest BCUT2D eigenvalue weighted by Gasteiger charge is -2.14. The van der Waals surface area contributed by atoms with Crippen LogP contribution < -0.4 is 11.1 Å². The molecule has 0 bridgehead atoms. The van der Waals surface area contributed by atoms with Crippen molar-refractivity contribution in [3.8, 4) is 0 Å². The SMILES string of the molecule is CNC(=O)CCN(C)C(=O)c1csc(CN)n1. The summed E-state index contributed by atoms with van der Waals surface area (Å²) in [5.74, 6) is -0.282. The van der Waals surface area contributed by atoms with Crippen molar-refractivity contribution in [1.82, 2.24) is 15.2 Å². The van der Waals surface area contributed by atoms with Crippen LogP contribution in [0.25, 0.3) is 0 Å². The van der Waals surface area contributed by atoms with Gasteiger partial charge in [-0.3, -0.25) is 9.59 Å². The summed E-state index contributed by atoms with van der Waals surface area (Å²) in [6.45, 7) is 0.702. The van der Waals surface area contributed by atoms with Crippen LogP contribution >= 0.6 is 11.3 Å². The summed E-state index contributed by atoms with van der Waals surface area (Å²) in [6.07, 6.45) is 0.284. The van der Waals surface area contributed by atoms with Crippen LogP contribution in [0.5, 0.6) is 0 Å². The molecular weight excluding hydrogens is 240 g/mol. The minimum atomic E-state index is -0.190. The normalized spacial score (nSPS) is 10.1. The molecule has 0 spiro atoms. The summed E-state index contributed by atoms with van der Waals surface area (Å²) in [5, 5.41) is 4.92. The highest BCUT2D eigenvalue weighted by atomic mass is 32.1. The minimum Gasteiger partial charge on any atom is -0.359 e. The fraction of sp³-hybridized carbons (Fsp3) is 0.500. The lowest BCUT2D eigenvalue weighted by Crippen LogP contribution is -2.31. The van der Waals surface area contributed by atoms with E-state index in [4.69, 9.17) is 5.73 Å². The average Bonchev–Trinajstić information content (AvgIpc) is 2.83. The van der Waals surface area contributed by atoms with Gasteiger partial charge in [0.2, 0.25) is 5.91 Å². The van der Waals surface area contributed by atoms with Crippen molar-refractivity contribution in [2.75, 3.05) is 20.6 Å². The number of thiazole rings is 1. The number of nitrogens with one attached hydrogen (secondary N) is 1. The van der Waals surface area contributed by atoms with Gasteiger partial charge in [-0.05, 0) is 0 Å². The zero-order chi connectivity index (χ0) is 12.8. The summed E-state index contributed by atoms with van der Waals surface area (Å²) in [6, 6.07) is 0. The van der Waals surface area contributed by atoms with E-state index in [1.54, 1.807) is 19.5 Å². The Morgan fingerprint density at radius 1 is 1.59 bits per heavy atom. The van der Waals surface area contributed by atoms with E-state index < -0.39 is 0 Å². The molecule has 17 heavy (non-hydrogen) atoms. The molecule has 1 aromatic rings. The third-order valence-corrected chi connectivity index (χ3v) is 3.12. The molecule has 3 N–H and O–H groups in total. The average molecular weight is 256 g/mol. The first kappa shape index (κ1) is 13.6. The van der Waals surface area contributed by atoms with Crippen LogP contribution in [-0.2, 0) is 11.3 Å². The number of hydrogen-bond acceptors (Lipinski definition) is 5. The maximum absolute atomic E-state index is 11.9. The second kappa shape index (κ2) is 6.31. The van der Waals surface area contributed by atoms with E-state index in [9.17, 15) is 9.59 Å². The van der Waals surface area contributed by atoms with E-state index in [1.807, 2.05) is 0 Å². The van der Waals surface area contributed by atoms with E-state index >= 15 is 0 Å². The van der Waals surface area contributed by atoms with Crippen molar-refractivity contribution in [3.63, 3.8) is 0 Å². The quantitative estimate of drug-likeness (QED) is 0.764. The fourth-order valence-corrected chi connectivity index (χ4v) is 1.84. The summed E-state index contributed by atoms with van der Waals surface area (Å²) < 4.78 is 0. The second-order valence-corrected chi connectivity index (χ2v) is 4.42. The number of nitrogens with two attached hydrogens (primary N) is 1. The number of nitrogens with zero attached hydrogens (tertiary/aromatic N) is 2. The van der Waals surface area contributed by atoms with Gasteiger partial charge in [0.05, 0.1) is 0 Å². The number of carbonyl (C=O) groups excluding carboxylic acids is 2. The molecule has 0 aliphatic carbocycles. The molecule has 0 aliphatic heterocycles. The number of hydrogen-bond donors (Lipinski definition) is 2. The summed E-state index contributed by atoms with van der Waals surface area (Å²) in [7, 11) is 3.21. The van der Waals surface area contributed by atoms with Gasteiger partial charge >= 0.3 is 0 Å². The molecule has 0 saturated carbocycles. The minimum absolute atomic E-state index is 0.0921. The molecular formula is C10H16N4O2S. The molecule has 6 nitrogen and oxygen atoms in total.